The molecule has 0 fully saturated rings. The zero-order valence-electron chi connectivity index (χ0n) is 12.7. The van der Waals surface area contributed by atoms with E-state index < -0.39 is 0 Å². The largest absolute Gasteiger partial charge is 0.336 e. The van der Waals surface area contributed by atoms with Crippen LogP contribution in [0.1, 0.15) is 18.0 Å². The van der Waals surface area contributed by atoms with Gasteiger partial charge in [0.2, 0.25) is 11.1 Å². The molecule has 120 valence electrons. The second kappa shape index (κ2) is 6.55. The highest BCUT2D eigenvalue weighted by Crippen LogP contribution is 2.29. The lowest BCUT2D eigenvalue weighted by Crippen LogP contribution is -2.31. The van der Waals surface area contributed by atoms with Crippen molar-refractivity contribution in [2.75, 3.05) is 18.6 Å². The number of amides is 1. The number of hydrogen-bond acceptors (Lipinski definition) is 7. The third kappa shape index (κ3) is 3.30. The molecule has 0 aliphatic rings. The number of nitrogens with two attached hydrogens (primary N) is 1. The number of rotatable bonds is 5. The molecule has 1 atom stereocenters. The predicted molar refractivity (Wildman–Crippen MR) is 91.7 cm³/mol. The molecule has 2 N–H and O–H groups in total. The lowest BCUT2D eigenvalue weighted by Gasteiger charge is -2.22. The molecular weight excluding hydrogens is 332 g/mol. The van der Waals surface area contributed by atoms with Gasteiger partial charge in [0.25, 0.3) is 0 Å². The summed E-state index contributed by atoms with van der Waals surface area (Å²) in [6.45, 7) is 1.98. The molecule has 0 aliphatic heterocycles. The summed E-state index contributed by atoms with van der Waals surface area (Å²) in [5.41, 5.74) is 0.964. The Morgan fingerprint density at radius 2 is 2.26 bits per heavy atom. The number of benzene rings is 1. The molecule has 0 spiro atoms. The number of nitrogens with zero attached hydrogens (tertiary/aromatic N) is 5. The standard InChI is InChI=1S/C14H16N6OS2/c1-9(13-17-10-5-3-4-6-11(10)23-13)19(2)12(21)7-22-14-18-16-8-20(14)15/h3-6,8-9H,7,15H2,1-2H3/t9-/m1/s1. The molecule has 0 bridgehead atoms. The number of nitrogen functional groups attached to an aromatic ring is 1. The van der Waals surface area contributed by atoms with Crippen molar-refractivity contribution in [2.24, 2.45) is 0 Å². The maximum atomic E-state index is 12.4. The number of carbonyl (C=O) groups is 1. The number of thioether (sulfide) groups is 1. The van der Waals surface area contributed by atoms with Crippen LogP contribution in [0.25, 0.3) is 10.2 Å². The zero-order chi connectivity index (χ0) is 16.4. The first-order valence-corrected chi connectivity index (χ1v) is 8.75. The topological polar surface area (TPSA) is 89.9 Å². The monoisotopic (exact) mass is 348 g/mol. The SMILES string of the molecule is C[C@H](c1nc2ccccc2s1)N(C)C(=O)CSc1nncn1N. The van der Waals surface area contributed by atoms with E-state index in [-0.39, 0.29) is 17.7 Å². The van der Waals surface area contributed by atoms with Crippen LogP contribution in [0.15, 0.2) is 35.7 Å². The highest BCUT2D eigenvalue weighted by atomic mass is 32.2. The van der Waals surface area contributed by atoms with Crippen LogP contribution in [0.3, 0.4) is 0 Å². The van der Waals surface area contributed by atoms with Crippen molar-refractivity contribution in [3.8, 4) is 0 Å². The summed E-state index contributed by atoms with van der Waals surface area (Å²) < 4.78 is 2.43. The van der Waals surface area contributed by atoms with E-state index in [1.165, 1.54) is 22.8 Å². The van der Waals surface area contributed by atoms with Crippen molar-refractivity contribution in [1.82, 2.24) is 24.8 Å². The lowest BCUT2D eigenvalue weighted by molar-refractivity contribution is -0.128. The first kappa shape index (κ1) is 15.8. The quantitative estimate of drug-likeness (QED) is 0.559. The van der Waals surface area contributed by atoms with Gasteiger partial charge < -0.3 is 10.7 Å². The third-order valence-corrected chi connectivity index (χ3v) is 5.66. The summed E-state index contributed by atoms with van der Waals surface area (Å²) >= 11 is 2.88. The molecule has 0 saturated heterocycles. The van der Waals surface area contributed by atoms with E-state index in [9.17, 15) is 4.79 Å². The summed E-state index contributed by atoms with van der Waals surface area (Å²) in [5.74, 6) is 5.88. The molecular formula is C14H16N6OS2. The van der Waals surface area contributed by atoms with Gasteiger partial charge in [-0.05, 0) is 19.1 Å². The number of fused-ring (bicyclic) bond motifs is 1. The smallest absolute Gasteiger partial charge is 0.233 e. The van der Waals surface area contributed by atoms with E-state index in [0.717, 1.165) is 15.2 Å². The van der Waals surface area contributed by atoms with Gasteiger partial charge in [-0.25, -0.2) is 9.66 Å². The molecule has 2 heterocycles. The fourth-order valence-electron chi connectivity index (χ4n) is 2.01. The molecule has 9 heteroatoms. The van der Waals surface area contributed by atoms with Gasteiger partial charge in [-0.15, -0.1) is 21.5 Å². The molecule has 23 heavy (non-hydrogen) atoms. The van der Waals surface area contributed by atoms with Crippen LogP contribution >= 0.6 is 23.1 Å². The molecule has 0 saturated carbocycles. The van der Waals surface area contributed by atoms with E-state index in [4.69, 9.17) is 5.84 Å². The molecule has 2 aromatic heterocycles. The number of carbonyl (C=O) groups excluding carboxylic acids is 1. The van der Waals surface area contributed by atoms with Gasteiger partial charge in [-0.2, -0.15) is 0 Å². The fourth-order valence-corrected chi connectivity index (χ4v) is 3.83. The minimum Gasteiger partial charge on any atom is -0.336 e. The maximum absolute atomic E-state index is 12.4. The Labute approximate surface area is 141 Å². The van der Waals surface area contributed by atoms with Gasteiger partial charge in [0.05, 0.1) is 22.0 Å². The van der Waals surface area contributed by atoms with Crippen LogP contribution in [-0.4, -0.2) is 43.5 Å². The molecule has 0 unspecified atom stereocenters. The highest BCUT2D eigenvalue weighted by Gasteiger charge is 2.21. The Kier molecular flexibility index (Phi) is 4.49. The van der Waals surface area contributed by atoms with E-state index in [2.05, 4.69) is 15.2 Å². The van der Waals surface area contributed by atoms with Crippen LogP contribution in [0.5, 0.6) is 0 Å². The molecule has 1 aromatic carbocycles. The average molecular weight is 348 g/mol. The van der Waals surface area contributed by atoms with Crippen molar-refractivity contribution in [1.29, 1.82) is 0 Å². The fraction of sp³-hybridized carbons (Fsp3) is 0.286. The zero-order valence-corrected chi connectivity index (χ0v) is 14.3. The van der Waals surface area contributed by atoms with Crippen LogP contribution in [0.2, 0.25) is 0 Å². The summed E-state index contributed by atoms with van der Waals surface area (Å²) in [6.07, 6.45) is 1.40. The lowest BCUT2D eigenvalue weighted by atomic mass is 10.3. The van der Waals surface area contributed by atoms with Crippen molar-refractivity contribution >= 4 is 39.2 Å². The molecule has 0 aliphatic carbocycles. The average Bonchev–Trinajstić information content (AvgIpc) is 3.17. The summed E-state index contributed by atoms with van der Waals surface area (Å²) in [7, 11) is 1.78. The normalized spacial score (nSPS) is 12.4. The van der Waals surface area contributed by atoms with Crippen molar-refractivity contribution in [3.05, 3.63) is 35.6 Å². The minimum atomic E-state index is -0.0868. The van der Waals surface area contributed by atoms with Gasteiger partial charge in [0.1, 0.15) is 11.3 Å². The minimum absolute atomic E-state index is 0.00949. The van der Waals surface area contributed by atoms with E-state index in [1.54, 1.807) is 23.3 Å². The molecule has 0 radical (unpaired) electrons. The third-order valence-electron chi connectivity index (χ3n) is 3.51. The molecule has 1 amide bonds. The predicted octanol–water partition coefficient (Wildman–Crippen LogP) is 1.91. The van der Waals surface area contributed by atoms with Gasteiger partial charge >= 0.3 is 0 Å². The Morgan fingerprint density at radius 1 is 1.48 bits per heavy atom. The highest BCUT2D eigenvalue weighted by molar-refractivity contribution is 7.99. The van der Waals surface area contributed by atoms with Crippen molar-refractivity contribution in [3.63, 3.8) is 0 Å². The molecule has 7 nitrogen and oxygen atoms in total. The molecule has 3 aromatic rings. The van der Waals surface area contributed by atoms with Crippen molar-refractivity contribution < 1.29 is 4.79 Å². The van der Waals surface area contributed by atoms with Crippen LogP contribution in [0.4, 0.5) is 0 Å². The number of para-hydroxylation sites is 1. The van der Waals surface area contributed by atoms with E-state index >= 15 is 0 Å². The second-order valence-electron chi connectivity index (χ2n) is 5.01. The molecule has 3 rings (SSSR count). The number of aromatic nitrogens is 4. The second-order valence-corrected chi connectivity index (χ2v) is 7.01. The first-order valence-electron chi connectivity index (χ1n) is 6.95. The van der Waals surface area contributed by atoms with Crippen LogP contribution in [0, 0.1) is 0 Å². The Balaban J connectivity index is 1.67. The van der Waals surface area contributed by atoms with E-state index in [1.807, 2.05) is 31.2 Å². The van der Waals surface area contributed by atoms with Gasteiger partial charge in [0.15, 0.2) is 0 Å². The van der Waals surface area contributed by atoms with Crippen molar-refractivity contribution in [2.45, 2.75) is 18.1 Å². The first-order chi connectivity index (χ1) is 11.1. The summed E-state index contributed by atoms with van der Waals surface area (Å²) in [5, 5.41) is 8.97. The summed E-state index contributed by atoms with van der Waals surface area (Å²) in [4.78, 5) is 18.7. The number of hydrogen-bond donors (Lipinski definition) is 1. The summed E-state index contributed by atoms with van der Waals surface area (Å²) in [6, 6.07) is 7.88. The van der Waals surface area contributed by atoms with Crippen LogP contribution < -0.4 is 5.84 Å². The van der Waals surface area contributed by atoms with E-state index in [0.29, 0.717) is 5.16 Å². The maximum Gasteiger partial charge on any atom is 0.233 e. The van der Waals surface area contributed by atoms with Gasteiger partial charge in [-0.1, -0.05) is 23.9 Å². The van der Waals surface area contributed by atoms with Crippen LogP contribution in [-0.2, 0) is 4.79 Å². The Hall–Kier alpha value is -2.13. The Morgan fingerprint density at radius 3 is 2.96 bits per heavy atom. The van der Waals surface area contributed by atoms with Gasteiger partial charge in [-0.3, -0.25) is 4.79 Å². The Bertz CT molecular complexity index is 796. The van der Waals surface area contributed by atoms with Gasteiger partial charge in [0, 0.05) is 7.05 Å². The number of thiazole rings is 1.